The highest BCUT2D eigenvalue weighted by Crippen LogP contribution is 2.33. The fourth-order valence-corrected chi connectivity index (χ4v) is 2.76. The quantitative estimate of drug-likeness (QED) is 0.480. The molecule has 1 atom stereocenters. The monoisotopic (exact) mass is 312 g/mol. The van der Waals surface area contributed by atoms with E-state index in [9.17, 15) is 14.4 Å². The third kappa shape index (κ3) is 4.87. The van der Waals surface area contributed by atoms with Gasteiger partial charge in [0.15, 0.2) is 0 Å². The van der Waals surface area contributed by atoms with Crippen LogP contribution in [0, 0.1) is 5.92 Å². The molecular formula is C14H24N4O4. The summed E-state index contributed by atoms with van der Waals surface area (Å²) in [7, 11) is 0. The maximum atomic E-state index is 11.8. The molecule has 124 valence electrons. The molecule has 0 spiro atoms. The van der Waals surface area contributed by atoms with Crippen LogP contribution in [-0.4, -0.2) is 59.1 Å². The predicted molar refractivity (Wildman–Crippen MR) is 79.1 cm³/mol. The van der Waals surface area contributed by atoms with Crippen molar-refractivity contribution in [3.8, 4) is 0 Å². The first-order valence-corrected chi connectivity index (χ1v) is 7.67. The van der Waals surface area contributed by atoms with E-state index in [2.05, 4.69) is 10.6 Å². The van der Waals surface area contributed by atoms with Crippen molar-refractivity contribution in [2.45, 2.75) is 50.7 Å². The minimum Gasteiger partial charge on any atom is -0.480 e. The molecule has 0 bridgehead atoms. The third-order valence-corrected chi connectivity index (χ3v) is 4.26. The van der Waals surface area contributed by atoms with E-state index in [-0.39, 0.29) is 24.5 Å². The molecule has 0 radical (unpaired) electrons. The van der Waals surface area contributed by atoms with E-state index in [0.717, 1.165) is 19.4 Å². The fraction of sp³-hybridized carbons (Fsp3) is 0.786. The molecule has 8 heteroatoms. The van der Waals surface area contributed by atoms with Gasteiger partial charge in [-0.2, -0.15) is 0 Å². The second-order valence-corrected chi connectivity index (χ2v) is 6.33. The van der Waals surface area contributed by atoms with Crippen molar-refractivity contribution in [1.82, 2.24) is 15.5 Å². The normalized spacial score (nSPS) is 25.2. The van der Waals surface area contributed by atoms with Crippen molar-refractivity contribution in [2.75, 3.05) is 13.1 Å². The smallest absolute Gasteiger partial charge is 0.317 e. The van der Waals surface area contributed by atoms with E-state index >= 15 is 0 Å². The van der Waals surface area contributed by atoms with Gasteiger partial charge in [0, 0.05) is 18.6 Å². The first-order chi connectivity index (χ1) is 10.3. The molecule has 0 aromatic carbocycles. The number of nitrogens with two attached hydrogens (primary N) is 1. The molecule has 1 unspecified atom stereocenters. The van der Waals surface area contributed by atoms with Crippen LogP contribution in [-0.2, 0) is 9.59 Å². The predicted octanol–water partition coefficient (Wildman–Crippen LogP) is -0.513. The number of nitrogens with one attached hydrogen (secondary N) is 2. The second kappa shape index (κ2) is 6.95. The fourth-order valence-electron chi connectivity index (χ4n) is 2.76. The van der Waals surface area contributed by atoms with Crippen LogP contribution in [0.4, 0.5) is 4.79 Å². The molecule has 2 fully saturated rings. The highest BCUT2D eigenvalue weighted by molar-refractivity contribution is 5.86. The first kappa shape index (κ1) is 16.5. The van der Waals surface area contributed by atoms with E-state index in [1.54, 1.807) is 6.92 Å². The molecule has 22 heavy (non-hydrogen) atoms. The lowest BCUT2D eigenvalue weighted by Gasteiger charge is -2.43. The van der Waals surface area contributed by atoms with Crippen LogP contribution in [0.3, 0.4) is 0 Å². The Hall–Kier alpha value is -1.83. The van der Waals surface area contributed by atoms with Gasteiger partial charge in [-0.3, -0.25) is 14.5 Å². The number of hydrogen-bond donors (Lipinski definition) is 4. The van der Waals surface area contributed by atoms with Gasteiger partial charge in [0.05, 0.1) is 6.54 Å². The molecule has 3 amide bonds. The number of carboxylic acid groups (broad SMARTS) is 1. The lowest BCUT2D eigenvalue weighted by molar-refractivity contribution is -0.140. The SMILES string of the molecule is CC(NC(N)=O)C(=O)NC1CC(N(CC(=O)O)CC2CC2)C1. The van der Waals surface area contributed by atoms with Gasteiger partial charge < -0.3 is 21.5 Å². The summed E-state index contributed by atoms with van der Waals surface area (Å²) in [6.45, 7) is 2.46. The third-order valence-electron chi connectivity index (χ3n) is 4.26. The van der Waals surface area contributed by atoms with Crippen LogP contribution in [0.15, 0.2) is 0 Å². The van der Waals surface area contributed by atoms with Crippen LogP contribution in [0.2, 0.25) is 0 Å². The Bertz CT molecular complexity index is 446. The van der Waals surface area contributed by atoms with Crippen molar-refractivity contribution in [3.05, 3.63) is 0 Å². The van der Waals surface area contributed by atoms with Crippen molar-refractivity contribution >= 4 is 17.9 Å². The lowest BCUT2D eigenvalue weighted by atomic mass is 9.85. The van der Waals surface area contributed by atoms with Gasteiger partial charge in [0.2, 0.25) is 5.91 Å². The van der Waals surface area contributed by atoms with E-state index < -0.39 is 18.0 Å². The maximum absolute atomic E-state index is 11.8. The molecule has 0 saturated heterocycles. The second-order valence-electron chi connectivity index (χ2n) is 6.33. The molecule has 2 saturated carbocycles. The molecule has 2 aliphatic rings. The Morgan fingerprint density at radius 1 is 1.32 bits per heavy atom. The summed E-state index contributed by atoms with van der Waals surface area (Å²) in [6, 6.07) is -1.16. The average molecular weight is 312 g/mol. The van der Waals surface area contributed by atoms with Gasteiger partial charge in [-0.05, 0) is 38.5 Å². The number of aliphatic carboxylic acids is 1. The van der Waals surface area contributed by atoms with E-state index in [0.29, 0.717) is 5.92 Å². The molecule has 2 aliphatic carbocycles. The Morgan fingerprint density at radius 2 is 1.95 bits per heavy atom. The summed E-state index contributed by atoms with van der Waals surface area (Å²) in [5, 5.41) is 14.2. The van der Waals surface area contributed by atoms with E-state index in [1.807, 2.05) is 4.90 Å². The minimum atomic E-state index is -0.813. The van der Waals surface area contributed by atoms with Crippen molar-refractivity contribution in [2.24, 2.45) is 11.7 Å². The minimum absolute atomic E-state index is 0.0325. The molecule has 0 aromatic heterocycles. The van der Waals surface area contributed by atoms with Gasteiger partial charge in [-0.15, -0.1) is 0 Å². The molecular weight excluding hydrogens is 288 g/mol. The lowest BCUT2D eigenvalue weighted by Crippen LogP contribution is -2.58. The number of carboxylic acids is 1. The summed E-state index contributed by atoms with van der Waals surface area (Å²) in [5.74, 6) is -0.450. The number of carbonyl (C=O) groups excluding carboxylic acids is 2. The standard InChI is InChI=1S/C14H24N4O4/c1-8(16-14(15)22)13(21)17-10-4-11(5-10)18(7-12(19)20)6-9-2-3-9/h8-11H,2-7H2,1H3,(H,17,21)(H,19,20)(H3,15,16,22). The van der Waals surface area contributed by atoms with E-state index in [4.69, 9.17) is 10.8 Å². The number of amides is 3. The zero-order chi connectivity index (χ0) is 16.3. The topological polar surface area (TPSA) is 125 Å². The van der Waals surface area contributed by atoms with E-state index in [1.165, 1.54) is 12.8 Å². The van der Waals surface area contributed by atoms with Crippen LogP contribution in [0.1, 0.15) is 32.6 Å². The maximum Gasteiger partial charge on any atom is 0.317 e. The molecule has 0 heterocycles. The largest absolute Gasteiger partial charge is 0.480 e. The van der Waals surface area contributed by atoms with Gasteiger partial charge >= 0.3 is 12.0 Å². The van der Waals surface area contributed by atoms with Crippen molar-refractivity contribution in [1.29, 1.82) is 0 Å². The Labute approximate surface area is 129 Å². The highest BCUT2D eigenvalue weighted by Gasteiger charge is 2.38. The zero-order valence-corrected chi connectivity index (χ0v) is 12.7. The Balaban J connectivity index is 1.73. The summed E-state index contributed by atoms with van der Waals surface area (Å²) < 4.78 is 0. The highest BCUT2D eigenvalue weighted by atomic mass is 16.4. The number of carbonyl (C=O) groups is 3. The molecule has 5 N–H and O–H groups in total. The van der Waals surface area contributed by atoms with Gasteiger partial charge in [0.1, 0.15) is 6.04 Å². The number of hydrogen-bond acceptors (Lipinski definition) is 4. The molecule has 2 rings (SSSR count). The number of rotatable bonds is 8. The Kier molecular flexibility index (Phi) is 5.23. The number of nitrogens with zero attached hydrogens (tertiary/aromatic N) is 1. The summed E-state index contributed by atoms with van der Waals surface area (Å²) in [5.41, 5.74) is 4.98. The van der Waals surface area contributed by atoms with Crippen molar-refractivity contribution in [3.63, 3.8) is 0 Å². The van der Waals surface area contributed by atoms with Gasteiger partial charge in [-0.1, -0.05) is 0 Å². The summed E-state index contributed by atoms with van der Waals surface area (Å²) >= 11 is 0. The summed E-state index contributed by atoms with van der Waals surface area (Å²) in [4.78, 5) is 35.5. The summed E-state index contributed by atoms with van der Waals surface area (Å²) in [6.07, 6.45) is 3.85. The van der Waals surface area contributed by atoms with Crippen LogP contribution >= 0.6 is 0 Å². The van der Waals surface area contributed by atoms with Crippen LogP contribution in [0.25, 0.3) is 0 Å². The van der Waals surface area contributed by atoms with Crippen LogP contribution < -0.4 is 16.4 Å². The molecule has 0 aliphatic heterocycles. The van der Waals surface area contributed by atoms with Crippen molar-refractivity contribution < 1.29 is 19.5 Å². The van der Waals surface area contributed by atoms with Gasteiger partial charge in [0.25, 0.3) is 0 Å². The Morgan fingerprint density at radius 3 is 2.45 bits per heavy atom. The van der Waals surface area contributed by atoms with Gasteiger partial charge in [-0.25, -0.2) is 4.79 Å². The number of urea groups is 1. The molecule has 8 nitrogen and oxygen atoms in total. The molecule has 0 aromatic rings. The zero-order valence-electron chi connectivity index (χ0n) is 12.7. The average Bonchev–Trinajstić information content (AvgIpc) is 3.14. The van der Waals surface area contributed by atoms with Crippen LogP contribution in [0.5, 0.6) is 0 Å². The first-order valence-electron chi connectivity index (χ1n) is 7.67. The number of primary amides is 1.